The van der Waals surface area contributed by atoms with Crippen molar-refractivity contribution in [1.29, 1.82) is 0 Å². The first-order valence-electron chi connectivity index (χ1n) is 15.6. The zero-order valence-electron chi connectivity index (χ0n) is 25.2. The van der Waals surface area contributed by atoms with Gasteiger partial charge in [0.2, 0.25) is 0 Å². The smallest absolute Gasteiger partial charge is 0.0542 e. The molecular weight excluding hydrogens is 532 g/mol. The van der Waals surface area contributed by atoms with Crippen LogP contribution in [0.5, 0.6) is 0 Å². The van der Waals surface area contributed by atoms with Gasteiger partial charge in [-0.1, -0.05) is 104 Å². The van der Waals surface area contributed by atoms with Crippen molar-refractivity contribution in [2.45, 2.75) is 26.8 Å². The molecule has 0 aliphatic rings. The maximum atomic E-state index is 2.50. The normalized spacial score (nSPS) is 11.6. The summed E-state index contributed by atoms with van der Waals surface area (Å²) in [5.74, 6) is 0. The SMILES string of the molecule is CCc1ccc(N(Cc2c3ccccc3c(C)c3ccccc23)c2ccc3c(c2)c2ccccc2n3-c2ccccc2)cc1. The highest BCUT2D eigenvalue weighted by molar-refractivity contribution is 6.11. The highest BCUT2D eigenvalue weighted by atomic mass is 15.1. The minimum Gasteiger partial charge on any atom is -0.337 e. The summed E-state index contributed by atoms with van der Waals surface area (Å²) in [6.45, 7) is 5.23. The Morgan fingerprint density at radius 1 is 0.500 bits per heavy atom. The van der Waals surface area contributed by atoms with E-state index in [1.54, 1.807) is 0 Å². The van der Waals surface area contributed by atoms with E-state index in [4.69, 9.17) is 0 Å². The first kappa shape index (κ1) is 26.3. The largest absolute Gasteiger partial charge is 0.337 e. The van der Waals surface area contributed by atoms with Gasteiger partial charge in [0, 0.05) is 34.4 Å². The van der Waals surface area contributed by atoms with E-state index in [0.29, 0.717) is 0 Å². The van der Waals surface area contributed by atoms with E-state index >= 15 is 0 Å². The predicted molar refractivity (Wildman–Crippen MR) is 189 cm³/mol. The number of rotatable bonds is 6. The highest BCUT2D eigenvalue weighted by Crippen LogP contribution is 2.39. The minimum atomic E-state index is 0.760. The summed E-state index contributed by atoms with van der Waals surface area (Å²) >= 11 is 0. The van der Waals surface area contributed by atoms with Crippen molar-refractivity contribution >= 4 is 54.7 Å². The van der Waals surface area contributed by atoms with Crippen molar-refractivity contribution < 1.29 is 0 Å². The fourth-order valence-corrected chi connectivity index (χ4v) is 6.99. The van der Waals surface area contributed by atoms with Crippen LogP contribution >= 0.6 is 0 Å². The van der Waals surface area contributed by atoms with E-state index in [-0.39, 0.29) is 0 Å². The lowest BCUT2D eigenvalue weighted by atomic mass is 9.92. The van der Waals surface area contributed by atoms with Crippen molar-refractivity contribution in [3.8, 4) is 5.69 Å². The van der Waals surface area contributed by atoms with Crippen molar-refractivity contribution in [1.82, 2.24) is 4.57 Å². The van der Waals surface area contributed by atoms with Crippen LogP contribution in [0.15, 0.2) is 146 Å². The molecule has 7 aromatic carbocycles. The Kier molecular flexibility index (Phi) is 6.42. The molecule has 0 saturated carbocycles. The van der Waals surface area contributed by atoms with Crippen molar-refractivity contribution in [3.63, 3.8) is 0 Å². The average molecular weight is 567 g/mol. The van der Waals surface area contributed by atoms with Gasteiger partial charge in [0.15, 0.2) is 0 Å². The van der Waals surface area contributed by atoms with E-state index < -0.39 is 0 Å². The summed E-state index contributed by atoms with van der Waals surface area (Å²) < 4.78 is 2.38. The van der Waals surface area contributed by atoms with Gasteiger partial charge >= 0.3 is 0 Å². The van der Waals surface area contributed by atoms with E-state index in [2.05, 4.69) is 169 Å². The Bertz CT molecular complexity index is 2240. The molecule has 0 unspecified atom stereocenters. The van der Waals surface area contributed by atoms with E-state index in [1.807, 2.05) is 0 Å². The van der Waals surface area contributed by atoms with Gasteiger partial charge in [-0.3, -0.25) is 0 Å². The molecule has 0 saturated heterocycles. The Morgan fingerprint density at radius 2 is 1.05 bits per heavy atom. The van der Waals surface area contributed by atoms with Crippen molar-refractivity contribution in [3.05, 3.63) is 162 Å². The second-order valence-corrected chi connectivity index (χ2v) is 11.7. The quantitative estimate of drug-likeness (QED) is 0.182. The molecule has 1 heterocycles. The highest BCUT2D eigenvalue weighted by Gasteiger charge is 2.19. The molecule has 0 fully saturated rings. The molecule has 212 valence electrons. The summed E-state index contributed by atoms with van der Waals surface area (Å²) in [7, 11) is 0. The molecule has 0 aliphatic heterocycles. The monoisotopic (exact) mass is 566 g/mol. The molecule has 0 radical (unpaired) electrons. The van der Waals surface area contributed by atoms with Gasteiger partial charge < -0.3 is 9.47 Å². The number of benzene rings is 7. The number of aromatic nitrogens is 1. The number of para-hydroxylation sites is 2. The zero-order chi connectivity index (χ0) is 29.6. The molecular formula is C42H34N2. The first-order chi connectivity index (χ1) is 21.7. The molecule has 0 spiro atoms. The van der Waals surface area contributed by atoms with Gasteiger partial charge in [0.25, 0.3) is 0 Å². The summed E-state index contributed by atoms with van der Waals surface area (Å²) in [6.07, 6.45) is 1.03. The fraction of sp³-hybridized carbons (Fsp3) is 0.0952. The van der Waals surface area contributed by atoms with Crippen LogP contribution in [0.4, 0.5) is 11.4 Å². The van der Waals surface area contributed by atoms with Gasteiger partial charge in [-0.15, -0.1) is 0 Å². The standard InChI is InChI=1S/C42H34N2/c1-3-30-21-23-31(24-22-30)43(28-40-36-17-9-7-15-34(36)29(2)35-16-8-10-18-37(35)40)33-25-26-42-39(27-33)38-19-11-12-20-41(38)44(42)32-13-5-4-6-14-32/h4-27H,3,28H2,1-2H3. The van der Waals surface area contributed by atoms with Crippen LogP contribution in [0.2, 0.25) is 0 Å². The molecule has 0 aliphatic carbocycles. The topological polar surface area (TPSA) is 8.17 Å². The summed E-state index contributed by atoms with van der Waals surface area (Å²) in [4.78, 5) is 2.50. The third-order valence-electron chi connectivity index (χ3n) is 9.27. The first-order valence-corrected chi connectivity index (χ1v) is 15.6. The number of hydrogen-bond acceptors (Lipinski definition) is 1. The number of anilines is 2. The molecule has 2 heteroatoms. The van der Waals surface area contributed by atoms with Crippen LogP contribution in [-0.4, -0.2) is 4.57 Å². The Balaban J connectivity index is 1.37. The van der Waals surface area contributed by atoms with Crippen LogP contribution in [-0.2, 0) is 13.0 Å². The molecule has 44 heavy (non-hydrogen) atoms. The van der Waals surface area contributed by atoms with Gasteiger partial charge in [-0.25, -0.2) is 0 Å². The van der Waals surface area contributed by atoms with E-state index in [1.165, 1.54) is 77.1 Å². The van der Waals surface area contributed by atoms with Gasteiger partial charge in [0.1, 0.15) is 0 Å². The van der Waals surface area contributed by atoms with Gasteiger partial charge in [-0.2, -0.15) is 0 Å². The second kappa shape index (κ2) is 10.7. The molecule has 8 rings (SSSR count). The van der Waals surface area contributed by atoms with E-state index in [9.17, 15) is 0 Å². The maximum absolute atomic E-state index is 2.50. The van der Waals surface area contributed by atoms with Crippen LogP contribution in [0, 0.1) is 6.92 Å². The molecule has 0 bridgehead atoms. The zero-order valence-corrected chi connectivity index (χ0v) is 25.2. The average Bonchev–Trinajstić information content (AvgIpc) is 3.42. The third kappa shape index (κ3) is 4.26. The van der Waals surface area contributed by atoms with Gasteiger partial charge in [-0.05, 0) is 100 Å². The Morgan fingerprint density at radius 3 is 1.70 bits per heavy atom. The summed E-state index contributed by atoms with van der Waals surface area (Å²) in [5.41, 5.74) is 10.0. The van der Waals surface area contributed by atoms with Crippen LogP contribution in [0.3, 0.4) is 0 Å². The third-order valence-corrected chi connectivity index (χ3v) is 9.27. The van der Waals surface area contributed by atoms with Crippen LogP contribution in [0.1, 0.15) is 23.6 Å². The number of fused-ring (bicyclic) bond motifs is 5. The number of aryl methyl sites for hydroxylation is 2. The number of hydrogen-bond donors (Lipinski definition) is 0. The second-order valence-electron chi connectivity index (χ2n) is 11.7. The molecule has 0 N–H and O–H groups in total. The summed E-state index contributed by atoms with van der Waals surface area (Å²) in [6, 6.07) is 53.3. The molecule has 8 aromatic rings. The Hall–Kier alpha value is -5.34. The Labute approximate surface area is 258 Å². The van der Waals surface area contributed by atoms with Crippen molar-refractivity contribution in [2.24, 2.45) is 0 Å². The lowest BCUT2D eigenvalue weighted by Gasteiger charge is -2.28. The lowest BCUT2D eigenvalue weighted by Crippen LogP contribution is -2.17. The number of nitrogens with zero attached hydrogens (tertiary/aromatic N) is 2. The lowest BCUT2D eigenvalue weighted by molar-refractivity contribution is 0.991. The van der Waals surface area contributed by atoms with Crippen molar-refractivity contribution in [2.75, 3.05) is 4.90 Å². The molecule has 0 atom stereocenters. The maximum Gasteiger partial charge on any atom is 0.0542 e. The van der Waals surface area contributed by atoms with Gasteiger partial charge in [0.05, 0.1) is 11.0 Å². The molecule has 1 aromatic heterocycles. The summed E-state index contributed by atoms with van der Waals surface area (Å²) in [5, 5.41) is 7.81. The van der Waals surface area contributed by atoms with Crippen LogP contribution < -0.4 is 4.90 Å². The van der Waals surface area contributed by atoms with E-state index in [0.717, 1.165) is 13.0 Å². The fourth-order valence-electron chi connectivity index (χ4n) is 6.99. The molecule has 2 nitrogen and oxygen atoms in total. The minimum absolute atomic E-state index is 0.760. The van der Waals surface area contributed by atoms with Crippen LogP contribution in [0.25, 0.3) is 49.0 Å². The molecule has 0 amide bonds. The predicted octanol–water partition coefficient (Wildman–Crippen LogP) is 11.3.